The van der Waals surface area contributed by atoms with Crippen LogP contribution in [0.5, 0.6) is 5.75 Å². The molecular formula is C40H51F3N8O4. The van der Waals surface area contributed by atoms with E-state index in [2.05, 4.69) is 26.7 Å². The lowest BCUT2D eigenvalue weighted by Gasteiger charge is -2.47. The first-order chi connectivity index (χ1) is 26.2. The van der Waals surface area contributed by atoms with Gasteiger partial charge in [-0.05, 0) is 95.8 Å². The molecular weight excluding hydrogens is 713 g/mol. The van der Waals surface area contributed by atoms with Crippen molar-refractivity contribution in [2.75, 3.05) is 65.3 Å². The van der Waals surface area contributed by atoms with Gasteiger partial charge in [0.2, 0.25) is 0 Å². The molecule has 3 fully saturated rings. The summed E-state index contributed by atoms with van der Waals surface area (Å²) in [5.74, 6) is -3.19. The molecule has 1 unspecified atom stereocenters. The number of methoxy groups -OCH3 is 1. The van der Waals surface area contributed by atoms with Crippen molar-refractivity contribution in [1.29, 1.82) is 5.26 Å². The van der Waals surface area contributed by atoms with Crippen molar-refractivity contribution in [1.82, 2.24) is 29.8 Å². The lowest BCUT2D eigenvalue weighted by Crippen LogP contribution is -2.62. The van der Waals surface area contributed by atoms with Gasteiger partial charge in [0.15, 0.2) is 0 Å². The van der Waals surface area contributed by atoms with Crippen molar-refractivity contribution in [2.24, 2.45) is 5.92 Å². The molecule has 0 saturated carbocycles. The second kappa shape index (κ2) is 16.5. The van der Waals surface area contributed by atoms with E-state index in [4.69, 9.17) is 9.47 Å². The second-order valence-electron chi connectivity index (χ2n) is 15.8. The van der Waals surface area contributed by atoms with E-state index in [9.17, 15) is 19.2 Å². The minimum atomic E-state index is -3.08. The highest BCUT2D eigenvalue weighted by Gasteiger charge is 2.47. The van der Waals surface area contributed by atoms with Crippen LogP contribution in [0.3, 0.4) is 0 Å². The smallest absolute Gasteiger partial charge is 0.410 e. The Morgan fingerprint density at radius 3 is 2.38 bits per heavy atom. The molecule has 2 aromatic carbocycles. The molecule has 55 heavy (non-hydrogen) atoms. The number of hydrogen-bond acceptors (Lipinski definition) is 9. The molecule has 0 bridgehead atoms. The Bertz CT molecular complexity index is 1880. The zero-order valence-corrected chi connectivity index (χ0v) is 32.2. The largest absolute Gasteiger partial charge is 0.496 e. The van der Waals surface area contributed by atoms with E-state index < -0.39 is 29.3 Å². The SMILES string of the molecule is CNc1c(C#N)c(-c2ccc(CNC(=O)c3cc(F)ccc3OC)cc2)nn1C1CCN(CCC2CCN(C3CN(C(=O)OC(C)(C)C)C3)CC2)CC1(F)F. The monoisotopic (exact) mass is 764 g/mol. The number of nitrogens with zero attached hydrogens (tertiary/aromatic N) is 6. The number of anilines is 1. The van der Waals surface area contributed by atoms with Crippen LogP contribution in [-0.4, -0.2) is 114 Å². The van der Waals surface area contributed by atoms with Crippen LogP contribution in [0.1, 0.15) is 74.0 Å². The van der Waals surface area contributed by atoms with E-state index in [-0.39, 0.29) is 54.0 Å². The van der Waals surface area contributed by atoms with E-state index in [0.717, 1.165) is 44.0 Å². The number of piperidine rings is 2. The number of aromatic nitrogens is 2. The molecule has 0 spiro atoms. The van der Waals surface area contributed by atoms with Gasteiger partial charge in [0.25, 0.3) is 11.8 Å². The maximum absolute atomic E-state index is 16.0. The van der Waals surface area contributed by atoms with E-state index in [1.807, 2.05) is 25.7 Å². The third kappa shape index (κ3) is 9.19. The number of nitriles is 1. The first-order valence-electron chi connectivity index (χ1n) is 18.9. The summed E-state index contributed by atoms with van der Waals surface area (Å²) in [6.45, 7) is 9.67. The maximum Gasteiger partial charge on any atom is 0.410 e. The predicted molar refractivity (Wildman–Crippen MR) is 202 cm³/mol. The number of halogens is 3. The highest BCUT2D eigenvalue weighted by Crippen LogP contribution is 2.41. The molecule has 0 radical (unpaired) electrons. The number of carbonyl (C=O) groups excluding carboxylic acids is 2. The van der Waals surface area contributed by atoms with Crippen molar-refractivity contribution < 1.29 is 32.2 Å². The van der Waals surface area contributed by atoms with Crippen LogP contribution in [0.4, 0.5) is 23.8 Å². The van der Waals surface area contributed by atoms with Gasteiger partial charge in [-0.3, -0.25) is 14.6 Å². The average Bonchev–Trinajstić information content (AvgIpc) is 3.50. The molecule has 3 saturated heterocycles. The zero-order chi connectivity index (χ0) is 39.5. The average molecular weight is 765 g/mol. The Morgan fingerprint density at radius 2 is 1.76 bits per heavy atom. The first kappa shape index (κ1) is 39.9. The lowest BCUT2D eigenvalue weighted by atomic mass is 9.91. The molecule has 2 N–H and O–H groups in total. The predicted octanol–water partition coefficient (Wildman–Crippen LogP) is 6.14. The Hall–Kier alpha value is -4.81. The molecule has 15 heteroatoms. The van der Waals surface area contributed by atoms with Crippen LogP contribution < -0.4 is 15.4 Å². The number of ether oxygens (including phenoxy) is 2. The fourth-order valence-corrected chi connectivity index (χ4v) is 7.75. The van der Waals surface area contributed by atoms with Crippen LogP contribution in [0.15, 0.2) is 42.5 Å². The molecule has 2 amide bonds. The summed E-state index contributed by atoms with van der Waals surface area (Å²) in [6.07, 6.45) is 2.78. The number of nitrogens with one attached hydrogen (secondary N) is 2. The third-order valence-electron chi connectivity index (χ3n) is 10.8. The van der Waals surface area contributed by atoms with Crippen molar-refractivity contribution in [3.8, 4) is 23.1 Å². The van der Waals surface area contributed by atoms with Gasteiger partial charge in [-0.25, -0.2) is 22.6 Å². The summed E-state index contributed by atoms with van der Waals surface area (Å²) in [5.41, 5.74) is 1.32. The summed E-state index contributed by atoms with van der Waals surface area (Å²) in [4.78, 5) is 31.1. The number of hydrogen-bond donors (Lipinski definition) is 2. The second-order valence-corrected chi connectivity index (χ2v) is 15.8. The van der Waals surface area contributed by atoms with Gasteiger partial charge in [0, 0.05) is 44.8 Å². The molecule has 296 valence electrons. The fraction of sp³-hybridized carbons (Fsp3) is 0.550. The minimum absolute atomic E-state index is 0.0714. The van der Waals surface area contributed by atoms with Crippen molar-refractivity contribution in [2.45, 2.75) is 76.6 Å². The Balaban J connectivity index is 1.02. The number of likely N-dealkylation sites (tertiary alicyclic amines) is 3. The Kier molecular flexibility index (Phi) is 12.0. The summed E-state index contributed by atoms with van der Waals surface area (Å²) in [6, 6.07) is 11.9. The van der Waals surface area contributed by atoms with Gasteiger partial charge in [-0.2, -0.15) is 10.4 Å². The fourth-order valence-electron chi connectivity index (χ4n) is 7.75. The minimum Gasteiger partial charge on any atom is -0.496 e. The van der Waals surface area contributed by atoms with E-state index >= 15 is 8.78 Å². The summed E-state index contributed by atoms with van der Waals surface area (Å²) in [5, 5.41) is 20.4. The highest BCUT2D eigenvalue weighted by molar-refractivity contribution is 5.96. The molecule has 4 heterocycles. The normalized spacial score (nSPS) is 19.7. The molecule has 6 rings (SSSR count). The number of rotatable bonds is 11. The van der Waals surface area contributed by atoms with Gasteiger partial charge in [0.1, 0.15) is 46.4 Å². The maximum atomic E-state index is 16.0. The van der Waals surface area contributed by atoms with Gasteiger partial charge < -0.3 is 25.0 Å². The van der Waals surface area contributed by atoms with Crippen LogP contribution in [0.25, 0.3) is 11.3 Å². The van der Waals surface area contributed by atoms with Crippen LogP contribution >= 0.6 is 0 Å². The summed E-state index contributed by atoms with van der Waals surface area (Å²) < 4.78 is 57.7. The van der Waals surface area contributed by atoms with E-state index in [0.29, 0.717) is 43.7 Å². The zero-order valence-electron chi connectivity index (χ0n) is 32.2. The van der Waals surface area contributed by atoms with E-state index in [1.54, 1.807) is 36.2 Å². The molecule has 1 aromatic heterocycles. The third-order valence-corrected chi connectivity index (χ3v) is 10.8. The molecule has 12 nitrogen and oxygen atoms in total. The van der Waals surface area contributed by atoms with Crippen LogP contribution in [-0.2, 0) is 11.3 Å². The Morgan fingerprint density at radius 1 is 1.05 bits per heavy atom. The number of alkyl halides is 2. The van der Waals surface area contributed by atoms with E-state index in [1.165, 1.54) is 23.9 Å². The molecule has 1 atom stereocenters. The van der Waals surface area contributed by atoms with Crippen LogP contribution in [0.2, 0.25) is 0 Å². The Labute approximate surface area is 320 Å². The number of amides is 2. The van der Waals surface area contributed by atoms with Crippen molar-refractivity contribution in [3.05, 3.63) is 65.0 Å². The molecule has 0 aliphatic carbocycles. The summed E-state index contributed by atoms with van der Waals surface area (Å²) in [7, 11) is 3.00. The molecule has 3 aromatic rings. The van der Waals surface area contributed by atoms with Crippen molar-refractivity contribution >= 4 is 17.8 Å². The topological polar surface area (TPSA) is 128 Å². The quantitative estimate of drug-likeness (QED) is 0.237. The first-order valence-corrected chi connectivity index (χ1v) is 18.9. The number of carbonyl (C=O) groups is 2. The highest BCUT2D eigenvalue weighted by atomic mass is 19.3. The van der Waals surface area contributed by atoms with Crippen LogP contribution in [0, 0.1) is 23.1 Å². The van der Waals surface area contributed by atoms with Gasteiger partial charge in [-0.1, -0.05) is 24.3 Å². The van der Waals surface area contributed by atoms with Crippen molar-refractivity contribution in [3.63, 3.8) is 0 Å². The molecule has 3 aliphatic heterocycles. The van der Waals surface area contributed by atoms with Gasteiger partial charge in [-0.15, -0.1) is 0 Å². The standard InChI is InChI=1S/C40H51F3N8O4/c1-39(2,3)55-38(53)50-23-30(24-50)49-18-13-26(14-19-49)12-16-48-17-15-34(40(42,43)25-48)51-36(45-4)32(21-44)35(47-51)28-8-6-27(7-9-28)22-46-37(52)31-20-29(41)10-11-33(31)54-5/h6-11,20,26,30,34,45H,12-19,22-25H2,1-5H3,(H,46,52). The molecule has 3 aliphatic rings. The summed E-state index contributed by atoms with van der Waals surface area (Å²) >= 11 is 0. The van der Waals surface area contributed by atoms with Gasteiger partial charge >= 0.3 is 6.09 Å². The van der Waals surface area contributed by atoms with Gasteiger partial charge in [0.05, 0.1) is 19.2 Å². The lowest BCUT2D eigenvalue weighted by molar-refractivity contribution is -0.107. The number of benzene rings is 2.